The second-order valence-corrected chi connectivity index (χ2v) is 21.7. The third kappa shape index (κ3) is 6.51. The van der Waals surface area contributed by atoms with Crippen LogP contribution in [0.15, 0.2) is 291 Å². The van der Waals surface area contributed by atoms with Crippen molar-refractivity contribution in [3.8, 4) is 89.0 Å². The zero-order valence-corrected chi connectivity index (χ0v) is 43.7. The van der Waals surface area contributed by atoms with E-state index in [1.54, 1.807) is 0 Å². The van der Waals surface area contributed by atoms with Crippen LogP contribution in [0.2, 0.25) is 0 Å². The lowest BCUT2D eigenvalue weighted by Crippen LogP contribution is -1.94. The molecule has 0 heterocycles. The Morgan fingerprint density at radius 3 is 0.812 bits per heavy atom. The van der Waals surface area contributed by atoms with Crippen LogP contribution in [0, 0.1) is 0 Å². The summed E-state index contributed by atoms with van der Waals surface area (Å²) < 4.78 is 0. The van der Waals surface area contributed by atoms with E-state index < -0.39 is 0 Å². The minimum Gasteiger partial charge on any atom is -0.0622 e. The maximum absolute atomic E-state index is 2.50. The zero-order chi connectivity index (χ0) is 52.4. The molecule has 80 heavy (non-hydrogen) atoms. The average Bonchev–Trinajstić information content (AvgIpc) is 3.80. The first kappa shape index (κ1) is 44.7. The second kappa shape index (κ2) is 17.6. The van der Waals surface area contributed by atoms with Gasteiger partial charge in [0.2, 0.25) is 0 Å². The van der Waals surface area contributed by atoms with Gasteiger partial charge in [-0.3, -0.25) is 0 Å². The molecular weight excluding hydrogens is 961 g/mol. The van der Waals surface area contributed by atoms with Gasteiger partial charge in [-0.1, -0.05) is 267 Å². The predicted octanol–water partition coefficient (Wildman–Crippen LogP) is 22.6. The molecule has 0 aliphatic heterocycles. The average molecular weight is 1010 g/mol. The standard InChI is InChI=1S/C44H26.C36H22/c1-3-13-28(14-4-1)41-38-25-36-34-23-11-17-27-18-12-24-35(40(27)34)37(36)26-39(38)42(29-15-5-2-6-16-29)44-33-22-10-8-20-31(33)30-19-7-9-21-32(30)43(41)44;1-3-11-24(12-4-1)33-30-21-26-15-7-8-16-27(26)22-31(30)34(25-13-5-2-6-14-25)36-29-20-10-18-23-17-9-19-28(32(23)29)35(33)36/h1-26H;1-22H. The van der Waals surface area contributed by atoms with Gasteiger partial charge in [-0.2, -0.15) is 0 Å². The number of benzene rings is 16. The Kier molecular flexibility index (Phi) is 9.81. The van der Waals surface area contributed by atoms with Gasteiger partial charge in [0.1, 0.15) is 0 Å². The summed E-state index contributed by atoms with van der Waals surface area (Å²) in [6, 6.07) is 107. The molecule has 0 aromatic heterocycles. The molecular formula is C80H48. The van der Waals surface area contributed by atoms with E-state index in [0.717, 1.165) is 0 Å². The molecule has 0 unspecified atom stereocenters. The van der Waals surface area contributed by atoms with Crippen LogP contribution >= 0.6 is 0 Å². The van der Waals surface area contributed by atoms with Crippen LogP contribution in [-0.4, -0.2) is 0 Å². The van der Waals surface area contributed by atoms with Gasteiger partial charge in [-0.25, -0.2) is 0 Å². The summed E-state index contributed by atoms with van der Waals surface area (Å²) in [5, 5.41) is 20.9. The number of hydrogen-bond donors (Lipinski definition) is 0. The number of hydrogen-bond acceptors (Lipinski definition) is 0. The highest BCUT2D eigenvalue weighted by Crippen LogP contribution is 2.59. The lowest BCUT2D eigenvalue weighted by atomic mass is 9.80. The number of rotatable bonds is 4. The molecule has 0 atom stereocenters. The van der Waals surface area contributed by atoms with Gasteiger partial charge >= 0.3 is 0 Å². The van der Waals surface area contributed by atoms with Crippen molar-refractivity contribution in [1.82, 2.24) is 0 Å². The first-order chi connectivity index (χ1) is 39.7. The Balaban J connectivity index is 0.000000131. The number of fused-ring (bicyclic) bond motifs is 15. The largest absolute Gasteiger partial charge is 0.0622 e. The van der Waals surface area contributed by atoms with Crippen molar-refractivity contribution in [2.75, 3.05) is 0 Å². The minimum absolute atomic E-state index is 1.25. The summed E-state index contributed by atoms with van der Waals surface area (Å²) in [6.45, 7) is 0. The molecule has 0 bridgehead atoms. The van der Waals surface area contributed by atoms with Gasteiger partial charge in [0.15, 0.2) is 0 Å². The van der Waals surface area contributed by atoms with Crippen molar-refractivity contribution in [2.24, 2.45) is 0 Å². The van der Waals surface area contributed by atoms with Crippen LogP contribution in [0.1, 0.15) is 0 Å². The molecule has 0 saturated heterocycles. The molecule has 2 aliphatic carbocycles. The van der Waals surface area contributed by atoms with Crippen molar-refractivity contribution < 1.29 is 0 Å². The normalized spacial score (nSPS) is 12.0. The molecule has 0 saturated carbocycles. The molecule has 0 amide bonds. The molecule has 16 aromatic carbocycles. The fourth-order valence-electron chi connectivity index (χ4n) is 14.3. The van der Waals surface area contributed by atoms with E-state index in [0.29, 0.717) is 0 Å². The Hall–Kier alpha value is -10.4. The predicted molar refractivity (Wildman–Crippen MR) is 344 cm³/mol. The van der Waals surface area contributed by atoms with Crippen molar-refractivity contribution in [2.45, 2.75) is 0 Å². The zero-order valence-electron chi connectivity index (χ0n) is 43.7. The maximum atomic E-state index is 2.50. The maximum Gasteiger partial charge on any atom is -0.000741 e. The van der Waals surface area contributed by atoms with Crippen molar-refractivity contribution >= 4 is 86.2 Å². The fraction of sp³-hybridized carbons (Fsp3) is 0. The van der Waals surface area contributed by atoms with Gasteiger partial charge < -0.3 is 0 Å². The van der Waals surface area contributed by atoms with E-state index in [1.165, 1.54) is 175 Å². The van der Waals surface area contributed by atoms with E-state index in [2.05, 4.69) is 291 Å². The summed E-state index contributed by atoms with van der Waals surface area (Å²) in [6.07, 6.45) is 0. The van der Waals surface area contributed by atoms with Gasteiger partial charge in [-0.15, -0.1) is 0 Å². The Bertz CT molecular complexity index is 4930. The third-order valence-electron chi connectivity index (χ3n) is 17.5. The van der Waals surface area contributed by atoms with Crippen LogP contribution in [0.4, 0.5) is 0 Å². The molecule has 368 valence electrons. The van der Waals surface area contributed by atoms with Crippen molar-refractivity contribution in [1.29, 1.82) is 0 Å². The first-order valence-electron chi connectivity index (χ1n) is 27.9. The SMILES string of the molecule is c1ccc(-c2c3c(c(-c4ccccc4)c4cc5ccccc5cc24)-c2cccc4cccc-3c24)cc1.c1ccc(-c2c3cc4c(cc3c(-c3ccccc3)c3c5ccccc5c5ccccc5c23)-c2cccc3cccc-4c23)cc1. The van der Waals surface area contributed by atoms with Crippen molar-refractivity contribution in [3.63, 3.8) is 0 Å². The molecule has 16 aromatic rings. The highest BCUT2D eigenvalue weighted by atomic mass is 14.3. The summed E-state index contributed by atoms with van der Waals surface area (Å²) in [7, 11) is 0. The molecule has 0 heteroatoms. The van der Waals surface area contributed by atoms with Crippen LogP contribution in [0.25, 0.3) is 175 Å². The van der Waals surface area contributed by atoms with E-state index in [1.807, 2.05) is 0 Å². The smallest absolute Gasteiger partial charge is 0.000741 e. The topological polar surface area (TPSA) is 0 Å². The van der Waals surface area contributed by atoms with E-state index in [9.17, 15) is 0 Å². The lowest BCUT2D eigenvalue weighted by Gasteiger charge is -2.22. The second-order valence-electron chi connectivity index (χ2n) is 21.7. The Labute approximate surface area is 463 Å². The molecule has 0 fully saturated rings. The molecule has 0 nitrogen and oxygen atoms in total. The highest BCUT2D eigenvalue weighted by molar-refractivity contribution is 6.38. The molecule has 0 spiro atoms. The van der Waals surface area contributed by atoms with Crippen LogP contribution in [0.5, 0.6) is 0 Å². The minimum atomic E-state index is 1.25. The van der Waals surface area contributed by atoms with Crippen molar-refractivity contribution in [3.05, 3.63) is 291 Å². The van der Waals surface area contributed by atoms with Crippen LogP contribution in [-0.2, 0) is 0 Å². The Morgan fingerprint density at radius 1 is 0.138 bits per heavy atom. The molecule has 0 N–H and O–H groups in total. The van der Waals surface area contributed by atoms with Gasteiger partial charge in [0.25, 0.3) is 0 Å². The van der Waals surface area contributed by atoms with Gasteiger partial charge in [0, 0.05) is 0 Å². The summed E-state index contributed by atoms with van der Waals surface area (Å²) >= 11 is 0. The molecule has 18 rings (SSSR count). The molecule has 0 radical (unpaired) electrons. The summed E-state index contributed by atoms with van der Waals surface area (Å²) in [4.78, 5) is 0. The summed E-state index contributed by atoms with van der Waals surface area (Å²) in [5.74, 6) is 0. The first-order valence-corrected chi connectivity index (χ1v) is 27.9. The van der Waals surface area contributed by atoms with E-state index in [4.69, 9.17) is 0 Å². The Morgan fingerprint density at radius 2 is 0.425 bits per heavy atom. The summed E-state index contributed by atoms with van der Waals surface area (Å²) in [5.41, 5.74) is 21.0. The monoisotopic (exact) mass is 1010 g/mol. The third-order valence-corrected chi connectivity index (χ3v) is 17.5. The van der Waals surface area contributed by atoms with Gasteiger partial charge in [-0.05, 0) is 199 Å². The highest BCUT2D eigenvalue weighted by Gasteiger charge is 2.31. The molecule has 2 aliphatic rings. The van der Waals surface area contributed by atoms with Gasteiger partial charge in [0.05, 0.1) is 0 Å². The van der Waals surface area contributed by atoms with Crippen LogP contribution < -0.4 is 0 Å². The van der Waals surface area contributed by atoms with E-state index in [-0.39, 0.29) is 0 Å². The van der Waals surface area contributed by atoms with Crippen LogP contribution in [0.3, 0.4) is 0 Å². The quantitative estimate of drug-likeness (QED) is 0.122. The van der Waals surface area contributed by atoms with E-state index >= 15 is 0 Å². The lowest BCUT2D eigenvalue weighted by molar-refractivity contribution is 1.63. The fourth-order valence-corrected chi connectivity index (χ4v) is 14.3.